The normalized spacial score (nSPS) is 15.1. The molecule has 0 saturated heterocycles. The summed E-state index contributed by atoms with van der Waals surface area (Å²) in [6.07, 6.45) is 11.3. The molecule has 1 aliphatic rings. The van der Waals surface area contributed by atoms with E-state index in [2.05, 4.69) is 21.7 Å². The molecular formula is C16H26IN3O. The Morgan fingerprint density at radius 1 is 1.24 bits per heavy atom. The SMILES string of the molecule is CN=C(NCCC1=CCCCC1)NCCc1ccco1.I. The number of aliphatic imine (C=N–C) groups is 1. The molecule has 4 nitrogen and oxygen atoms in total. The minimum absolute atomic E-state index is 0. The monoisotopic (exact) mass is 403 g/mol. The van der Waals surface area contributed by atoms with Crippen molar-refractivity contribution in [1.82, 2.24) is 10.6 Å². The van der Waals surface area contributed by atoms with Crippen LogP contribution in [-0.4, -0.2) is 26.1 Å². The fraction of sp³-hybridized carbons (Fsp3) is 0.562. The Hall–Kier alpha value is -0.980. The minimum Gasteiger partial charge on any atom is -0.469 e. The van der Waals surface area contributed by atoms with Crippen LogP contribution in [0.15, 0.2) is 39.5 Å². The number of halogens is 1. The van der Waals surface area contributed by atoms with Gasteiger partial charge in [-0.3, -0.25) is 4.99 Å². The van der Waals surface area contributed by atoms with Crippen LogP contribution in [0.25, 0.3) is 0 Å². The van der Waals surface area contributed by atoms with Crippen molar-refractivity contribution in [3.05, 3.63) is 35.8 Å². The molecule has 0 bridgehead atoms. The van der Waals surface area contributed by atoms with E-state index < -0.39 is 0 Å². The second-order valence-electron chi connectivity index (χ2n) is 5.11. The van der Waals surface area contributed by atoms with E-state index in [-0.39, 0.29) is 24.0 Å². The van der Waals surface area contributed by atoms with Gasteiger partial charge in [-0.25, -0.2) is 0 Å². The second kappa shape index (κ2) is 10.7. The maximum Gasteiger partial charge on any atom is 0.191 e. The van der Waals surface area contributed by atoms with Gasteiger partial charge in [-0.15, -0.1) is 24.0 Å². The first-order valence-corrected chi connectivity index (χ1v) is 7.53. The molecule has 0 radical (unpaired) electrons. The molecule has 5 heteroatoms. The number of hydrogen-bond donors (Lipinski definition) is 2. The van der Waals surface area contributed by atoms with Gasteiger partial charge in [0, 0.05) is 26.6 Å². The van der Waals surface area contributed by atoms with E-state index in [1.54, 1.807) is 11.8 Å². The van der Waals surface area contributed by atoms with E-state index >= 15 is 0 Å². The van der Waals surface area contributed by atoms with Gasteiger partial charge in [0.05, 0.1) is 6.26 Å². The van der Waals surface area contributed by atoms with Crippen molar-refractivity contribution in [3.8, 4) is 0 Å². The van der Waals surface area contributed by atoms with Crippen LogP contribution in [0.2, 0.25) is 0 Å². The summed E-state index contributed by atoms with van der Waals surface area (Å²) in [7, 11) is 1.81. The molecule has 0 atom stereocenters. The molecule has 1 aromatic heterocycles. The second-order valence-corrected chi connectivity index (χ2v) is 5.11. The molecule has 21 heavy (non-hydrogen) atoms. The smallest absolute Gasteiger partial charge is 0.191 e. The summed E-state index contributed by atoms with van der Waals surface area (Å²) in [4.78, 5) is 4.23. The van der Waals surface area contributed by atoms with Crippen molar-refractivity contribution in [2.75, 3.05) is 20.1 Å². The highest BCUT2D eigenvalue weighted by Gasteiger charge is 2.04. The van der Waals surface area contributed by atoms with Crippen molar-refractivity contribution >= 4 is 29.9 Å². The number of guanidine groups is 1. The van der Waals surface area contributed by atoms with Gasteiger partial charge in [0.2, 0.25) is 0 Å². The van der Waals surface area contributed by atoms with Gasteiger partial charge in [0.25, 0.3) is 0 Å². The van der Waals surface area contributed by atoms with Crippen molar-refractivity contribution in [1.29, 1.82) is 0 Å². The Morgan fingerprint density at radius 3 is 2.67 bits per heavy atom. The summed E-state index contributed by atoms with van der Waals surface area (Å²) >= 11 is 0. The first kappa shape index (κ1) is 18.1. The van der Waals surface area contributed by atoms with Gasteiger partial charge in [0.1, 0.15) is 5.76 Å². The van der Waals surface area contributed by atoms with E-state index in [9.17, 15) is 0 Å². The molecule has 0 fully saturated rings. The summed E-state index contributed by atoms with van der Waals surface area (Å²) in [6, 6.07) is 3.91. The zero-order valence-corrected chi connectivity index (χ0v) is 15.1. The van der Waals surface area contributed by atoms with Crippen molar-refractivity contribution in [3.63, 3.8) is 0 Å². The van der Waals surface area contributed by atoms with Crippen LogP contribution in [0.5, 0.6) is 0 Å². The highest BCUT2D eigenvalue weighted by molar-refractivity contribution is 14.0. The lowest BCUT2D eigenvalue weighted by Gasteiger charge is -2.15. The van der Waals surface area contributed by atoms with Crippen molar-refractivity contribution in [2.45, 2.75) is 38.5 Å². The molecule has 0 aromatic carbocycles. The maximum absolute atomic E-state index is 5.30. The Labute approximate surface area is 144 Å². The summed E-state index contributed by atoms with van der Waals surface area (Å²) in [5, 5.41) is 6.67. The van der Waals surface area contributed by atoms with Crippen molar-refractivity contribution in [2.24, 2.45) is 4.99 Å². The molecule has 0 saturated carbocycles. The molecular weight excluding hydrogens is 377 g/mol. The van der Waals surface area contributed by atoms with Crippen LogP contribution in [0.4, 0.5) is 0 Å². The molecule has 0 aliphatic heterocycles. The molecule has 0 spiro atoms. The summed E-state index contributed by atoms with van der Waals surface area (Å²) < 4.78 is 5.30. The third-order valence-electron chi connectivity index (χ3n) is 3.59. The topological polar surface area (TPSA) is 49.6 Å². The van der Waals surface area contributed by atoms with E-state index in [0.29, 0.717) is 0 Å². The van der Waals surface area contributed by atoms with Crippen LogP contribution in [0.1, 0.15) is 37.9 Å². The summed E-state index contributed by atoms with van der Waals surface area (Å²) in [5.74, 6) is 1.87. The predicted molar refractivity (Wildman–Crippen MR) is 98.4 cm³/mol. The maximum atomic E-state index is 5.30. The van der Waals surface area contributed by atoms with Gasteiger partial charge >= 0.3 is 0 Å². The average molecular weight is 403 g/mol. The van der Waals surface area contributed by atoms with Crippen LogP contribution in [-0.2, 0) is 6.42 Å². The van der Waals surface area contributed by atoms with Gasteiger partial charge in [-0.2, -0.15) is 0 Å². The number of nitrogens with zero attached hydrogens (tertiary/aromatic N) is 1. The van der Waals surface area contributed by atoms with Crippen LogP contribution < -0.4 is 10.6 Å². The standard InChI is InChI=1S/C16H25N3O.HI/c1-17-16(19-12-10-15-8-5-13-20-15)18-11-9-14-6-3-2-4-7-14;/h5-6,8,13H,2-4,7,9-12H2,1H3,(H2,17,18,19);1H. The van der Waals surface area contributed by atoms with Crippen LogP contribution in [0, 0.1) is 0 Å². The fourth-order valence-electron chi connectivity index (χ4n) is 2.45. The lowest BCUT2D eigenvalue weighted by Crippen LogP contribution is -2.38. The third kappa shape index (κ3) is 7.02. The molecule has 2 N–H and O–H groups in total. The minimum atomic E-state index is 0. The lowest BCUT2D eigenvalue weighted by atomic mass is 9.97. The Morgan fingerprint density at radius 2 is 2.05 bits per heavy atom. The van der Waals surface area contributed by atoms with Gasteiger partial charge < -0.3 is 15.1 Å². The van der Waals surface area contributed by atoms with E-state index in [1.807, 2.05) is 19.2 Å². The molecule has 1 heterocycles. The Kier molecular flexibility index (Phi) is 9.21. The third-order valence-corrected chi connectivity index (χ3v) is 3.59. The quantitative estimate of drug-likeness (QED) is 0.331. The average Bonchev–Trinajstić information content (AvgIpc) is 3.00. The number of furan rings is 1. The molecule has 2 rings (SSSR count). The van der Waals surface area contributed by atoms with Crippen LogP contribution in [0.3, 0.4) is 0 Å². The largest absolute Gasteiger partial charge is 0.469 e. The fourth-order valence-corrected chi connectivity index (χ4v) is 2.45. The lowest BCUT2D eigenvalue weighted by molar-refractivity contribution is 0.507. The first-order chi connectivity index (χ1) is 9.88. The van der Waals surface area contributed by atoms with E-state index in [1.165, 1.54) is 25.7 Å². The highest BCUT2D eigenvalue weighted by Crippen LogP contribution is 2.19. The van der Waals surface area contributed by atoms with Gasteiger partial charge in [-0.1, -0.05) is 11.6 Å². The first-order valence-electron chi connectivity index (χ1n) is 7.53. The molecule has 118 valence electrons. The predicted octanol–water partition coefficient (Wildman–Crippen LogP) is 3.50. The molecule has 0 amide bonds. The zero-order valence-electron chi connectivity index (χ0n) is 12.7. The number of allylic oxidation sites excluding steroid dienone is 1. The molecule has 0 unspecified atom stereocenters. The zero-order chi connectivity index (χ0) is 14.0. The Bertz CT molecular complexity index is 440. The summed E-state index contributed by atoms with van der Waals surface area (Å²) in [5.41, 5.74) is 1.59. The number of nitrogens with one attached hydrogen (secondary N) is 2. The van der Waals surface area contributed by atoms with E-state index in [4.69, 9.17) is 4.42 Å². The van der Waals surface area contributed by atoms with E-state index in [0.717, 1.165) is 37.7 Å². The van der Waals surface area contributed by atoms with Crippen molar-refractivity contribution < 1.29 is 4.42 Å². The highest BCUT2D eigenvalue weighted by atomic mass is 127. The number of rotatable bonds is 6. The Balaban J connectivity index is 0.00000220. The molecule has 1 aliphatic carbocycles. The van der Waals surface area contributed by atoms with Gasteiger partial charge in [0.15, 0.2) is 5.96 Å². The van der Waals surface area contributed by atoms with Gasteiger partial charge in [-0.05, 0) is 44.2 Å². The number of hydrogen-bond acceptors (Lipinski definition) is 2. The molecule has 1 aromatic rings. The van der Waals surface area contributed by atoms with Crippen LogP contribution >= 0.6 is 24.0 Å². The summed E-state index contributed by atoms with van der Waals surface area (Å²) in [6.45, 7) is 1.78.